The maximum atomic E-state index is 12.0. The van der Waals surface area contributed by atoms with Gasteiger partial charge < -0.3 is 29.3 Å². The lowest BCUT2D eigenvalue weighted by Gasteiger charge is -2.35. The van der Waals surface area contributed by atoms with E-state index in [-0.39, 0.29) is 30.1 Å². The summed E-state index contributed by atoms with van der Waals surface area (Å²) in [7, 11) is 0. The van der Waals surface area contributed by atoms with E-state index in [1.54, 1.807) is 4.90 Å². The molecule has 0 saturated carbocycles. The molecule has 9 nitrogen and oxygen atoms in total. The lowest BCUT2D eigenvalue weighted by molar-refractivity contribution is 0.0322. The first kappa shape index (κ1) is 27.5. The second-order valence-electron chi connectivity index (χ2n) is 7.75. The van der Waals surface area contributed by atoms with Crippen molar-refractivity contribution in [1.82, 2.24) is 20.0 Å². The summed E-state index contributed by atoms with van der Waals surface area (Å²) >= 11 is 0. The van der Waals surface area contributed by atoms with E-state index < -0.39 is 0 Å². The van der Waals surface area contributed by atoms with Crippen LogP contribution in [0.4, 0.5) is 4.79 Å². The normalized spacial score (nSPS) is 17.3. The van der Waals surface area contributed by atoms with Gasteiger partial charge in [0.25, 0.3) is 0 Å². The number of benzene rings is 1. The van der Waals surface area contributed by atoms with Crippen molar-refractivity contribution in [3.8, 4) is 5.75 Å². The van der Waals surface area contributed by atoms with Crippen molar-refractivity contribution in [3.63, 3.8) is 0 Å². The Bertz CT molecular complexity index is 737. The Morgan fingerprint density at radius 3 is 2.45 bits per heavy atom. The second kappa shape index (κ2) is 15.2. The molecule has 1 aromatic rings. The molecule has 1 N–H and O–H groups in total. The van der Waals surface area contributed by atoms with Gasteiger partial charge in [-0.25, -0.2) is 9.79 Å². The number of piperazine rings is 1. The van der Waals surface area contributed by atoms with Crippen molar-refractivity contribution >= 4 is 36.0 Å². The minimum Gasteiger partial charge on any atom is -0.492 e. The first-order valence-electron chi connectivity index (χ1n) is 11.7. The third-order valence-electron chi connectivity index (χ3n) is 5.58. The summed E-state index contributed by atoms with van der Waals surface area (Å²) < 4.78 is 16.6. The van der Waals surface area contributed by atoms with E-state index in [1.165, 1.54) is 0 Å². The van der Waals surface area contributed by atoms with Gasteiger partial charge in [0.15, 0.2) is 5.96 Å². The highest BCUT2D eigenvalue weighted by Crippen LogP contribution is 2.19. The van der Waals surface area contributed by atoms with E-state index in [1.807, 2.05) is 25.1 Å². The molecule has 0 atom stereocenters. The zero-order chi connectivity index (χ0) is 22.6. The first-order valence-corrected chi connectivity index (χ1v) is 11.7. The average Bonchev–Trinajstić information content (AvgIpc) is 2.83. The predicted molar refractivity (Wildman–Crippen MR) is 140 cm³/mol. The summed E-state index contributed by atoms with van der Waals surface area (Å²) in [5.41, 5.74) is 1.06. The molecule has 0 aromatic heterocycles. The maximum absolute atomic E-state index is 12.0. The zero-order valence-corrected chi connectivity index (χ0v) is 22.2. The number of ether oxygens (including phenoxy) is 3. The molecule has 0 aliphatic carbocycles. The molecule has 10 heteroatoms. The Hall–Kier alpha value is -1.79. The van der Waals surface area contributed by atoms with E-state index in [0.29, 0.717) is 32.8 Å². The standard InChI is InChI=1S/C23H37N5O4.HI/c1-3-24-22(27-9-11-28(12-10-27)23(29)31-4-2)25-19-20-7-5-6-8-21(20)32-18-15-26-13-16-30-17-14-26;/h5-8H,3-4,9-19H2,1-2H3,(H,24,25);1H. The molecular weight excluding hydrogens is 537 g/mol. The number of amides is 1. The summed E-state index contributed by atoms with van der Waals surface area (Å²) in [4.78, 5) is 23.1. The molecule has 0 bridgehead atoms. The Morgan fingerprint density at radius 2 is 1.76 bits per heavy atom. The first-order chi connectivity index (χ1) is 15.7. The van der Waals surface area contributed by atoms with Crippen LogP contribution in [0.3, 0.4) is 0 Å². The zero-order valence-electron chi connectivity index (χ0n) is 19.8. The van der Waals surface area contributed by atoms with Crippen LogP contribution in [0, 0.1) is 0 Å². The second-order valence-corrected chi connectivity index (χ2v) is 7.75. The molecule has 2 aliphatic rings. The van der Waals surface area contributed by atoms with E-state index in [2.05, 4.69) is 28.1 Å². The topological polar surface area (TPSA) is 78.9 Å². The van der Waals surface area contributed by atoms with Gasteiger partial charge in [-0.05, 0) is 19.9 Å². The summed E-state index contributed by atoms with van der Waals surface area (Å²) in [6, 6.07) is 8.09. The number of carbonyl (C=O) groups is 1. The largest absolute Gasteiger partial charge is 0.492 e. The fourth-order valence-corrected chi connectivity index (χ4v) is 3.79. The number of halogens is 1. The Labute approximate surface area is 214 Å². The molecular formula is C23H38IN5O4. The SMILES string of the molecule is CCNC(=NCc1ccccc1OCCN1CCOCC1)N1CCN(C(=O)OCC)CC1.I. The van der Waals surface area contributed by atoms with Crippen LogP contribution in [-0.2, 0) is 16.0 Å². The third kappa shape index (κ3) is 8.82. The minimum absolute atomic E-state index is 0. The van der Waals surface area contributed by atoms with E-state index in [0.717, 1.165) is 69.8 Å². The van der Waals surface area contributed by atoms with Crippen molar-refractivity contribution in [2.24, 2.45) is 4.99 Å². The molecule has 0 spiro atoms. The number of hydrogen-bond acceptors (Lipinski definition) is 6. The third-order valence-corrected chi connectivity index (χ3v) is 5.58. The summed E-state index contributed by atoms with van der Waals surface area (Å²) in [6.45, 7) is 13.4. The monoisotopic (exact) mass is 575 g/mol. The van der Waals surface area contributed by atoms with Crippen LogP contribution in [0.25, 0.3) is 0 Å². The highest BCUT2D eigenvalue weighted by molar-refractivity contribution is 14.0. The molecule has 2 fully saturated rings. The van der Waals surface area contributed by atoms with Gasteiger partial charge >= 0.3 is 6.09 Å². The van der Waals surface area contributed by atoms with Crippen LogP contribution >= 0.6 is 24.0 Å². The van der Waals surface area contributed by atoms with Crippen LogP contribution in [0.2, 0.25) is 0 Å². The molecule has 2 aliphatic heterocycles. The average molecular weight is 575 g/mol. The van der Waals surface area contributed by atoms with Crippen molar-refractivity contribution in [3.05, 3.63) is 29.8 Å². The number of hydrogen-bond donors (Lipinski definition) is 1. The fraction of sp³-hybridized carbons (Fsp3) is 0.652. The minimum atomic E-state index is -0.239. The van der Waals surface area contributed by atoms with Gasteiger partial charge in [0.05, 0.1) is 26.4 Å². The Morgan fingerprint density at radius 1 is 1.06 bits per heavy atom. The predicted octanol–water partition coefficient (Wildman–Crippen LogP) is 2.26. The fourth-order valence-electron chi connectivity index (χ4n) is 3.79. The Balaban J connectivity index is 0.00000385. The number of carbonyl (C=O) groups excluding carboxylic acids is 1. The quantitative estimate of drug-likeness (QED) is 0.290. The highest BCUT2D eigenvalue weighted by Gasteiger charge is 2.23. The summed E-state index contributed by atoms with van der Waals surface area (Å²) in [6.07, 6.45) is -0.239. The number of rotatable bonds is 8. The van der Waals surface area contributed by atoms with Crippen molar-refractivity contribution in [2.45, 2.75) is 20.4 Å². The molecule has 2 saturated heterocycles. The lowest BCUT2D eigenvalue weighted by Crippen LogP contribution is -2.53. The lowest BCUT2D eigenvalue weighted by atomic mass is 10.2. The molecule has 1 aromatic carbocycles. The van der Waals surface area contributed by atoms with E-state index in [4.69, 9.17) is 19.2 Å². The number of nitrogens with one attached hydrogen (secondary N) is 1. The van der Waals surface area contributed by atoms with Gasteiger partial charge in [-0.1, -0.05) is 18.2 Å². The smallest absolute Gasteiger partial charge is 0.409 e. The van der Waals surface area contributed by atoms with Crippen LogP contribution in [0.1, 0.15) is 19.4 Å². The van der Waals surface area contributed by atoms with Crippen LogP contribution in [0.5, 0.6) is 5.75 Å². The van der Waals surface area contributed by atoms with Crippen molar-refractivity contribution in [1.29, 1.82) is 0 Å². The number of guanidine groups is 1. The molecule has 1 amide bonds. The molecule has 0 unspecified atom stereocenters. The Kier molecular flexibility index (Phi) is 12.6. The van der Waals surface area contributed by atoms with Crippen LogP contribution < -0.4 is 10.1 Å². The molecule has 33 heavy (non-hydrogen) atoms. The number of nitrogens with zero attached hydrogens (tertiary/aromatic N) is 4. The molecule has 186 valence electrons. The van der Waals surface area contributed by atoms with E-state index >= 15 is 0 Å². The van der Waals surface area contributed by atoms with Gasteiger partial charge in [-0.15, -0.1) is 24.0 Å². The van der Waals surface area contributed by atoms with Crippen LogP contribution in [-0.4, -0.2) is 106 Å². The summed E-state index contributed by atoms with van der Waals surface area (Å²) in [5.74, 6) is 1.74. The number of morpholine rings is 1. The highest BCUT2D eigenvalue weighted by atomic mass is 127. The van der Waals surface area contributed by atoms with Gasteiger partial charge in [0, 0.05) is 57.9 Å². The van der Waals surface area contributed by atoms with Gasteiger partial charge in [0.2, 0.25) is 0 Å². The van der Waals surface area contributed by atoms with Crippen molar-refractivity contribution < 1.29 is 19.0 Å². The van der Waals surface area contributed by atoms with Crippen LogP contribution in [0.15, 0.2) is 29.3 Å². The molecule has 2 heterocycles. The number of aliphatic imine (C=N–C) groups is 1. The summed E-state index contributed by atoms with van der Waals surface area (Å²) in [5, 5.41) is 3.38. The van der Waals surface area contributed by atoms with Gasteiger partial charge in [0.1, 0.15) is 12.4 Å². The number of para-hydroxylation sites is 1. The maximum Gasteiger partial charge on any atom is 0.409 e. The van der Waals surface area contributed by atoms with Gasteiger partial charge in [-0.2, -0.15) is 0 Å². The van der Waals surface area contributed by atoms with Crippen molar-refractivity contribution in [2.75, 3.05) is 78.8 Å². The van der Waals surface area contributed by atoms with E-state index in [9.17, 15) is 4.79 Å². The molecule has 0 radical (unpaired) electrons. The molecule has 3 rings (SSSR count). The van der Waals surface area contributed by atoms with Gasteiger partial charge in [-0.3, -0.25) is 4.90 Å².